The van der Waals surface area contributed by atoms with Crippen molar-refractivity contribution in [2.75, 3.05) is 6.61 Å². The minimum Gasteiger partial charge on any atom is -0.490 e. The van der Waals surface area contributed by atoms with Gasteiger partial charge in [-0.05, 0) is 30.2 Å². The molecule has 2 aromatic carbocycles. The standard InChI is InChI=1S/C16H17FO3/c1-2-19-15-9-13(10-18)8-14(17)16(15)20-11-12-6-4-3-5-7-12/h3-9,18H,2,10-11H2,1H3. The molecule has 0 radical (unpaired) electrons. The number of rotatable bonds is 6. The van der Waals surface area contributed by atoms with Crippen molar-refractivity contribution < 1.29 is 19.0 Å². The van der Waals surface area contributed by atoms with E-state index in [-0.39, 0.29) is 19.0 Å². The van der Waals surface area contributed by atoms with Gasteiger partial charge < -0.3 is 14.6 Å². The highest BCUT2D eigenvalue weighted by Crippen LogP contribution is 2.32. The lowest BCUT2D eigenvalue weighted by molar-refractivity contribution is 0.252. The van der Waals surface area contributed by atoms with Crippen LogP contribution in [0, 0.1) is 5.82 Å². The van der Waals surface area contributed by atoms with Crippen LogP contribution >= 0.6 is 0 Å². The molecule has 0 bridgehead atoms. The van der Waals surface area contributed by atoms with E-state index in [0.29, 0.717) is 17.9 Å². The number of halogens is 1. The van der Waals surface area contributed by atoms with Gasteiger partial charge in [0.05, 0.1) is 13.2 Å². The molecular weight excluding hydrogens is 259 g/mol. The maximum atomic E-state index is 14.0. The number of aliphatic hydroxyl groups is 1. The fourth-order valence-corrected chi connectivity index (χ4v) is 1.85. The van der Waals surface area contributed by atoms with E-state index in [1.165, 1.54) is 6.07 Å². The van der Waals surface area contributed by atoms with Crippen LogP contribution in [-0.2, 0) is 13.2 Å². The monoisotopic (exact) mass is 276 g/mol. The van der Waals surface area contributed by atoms with E-state index in [4.69, 9.17) is 14.6 Å². The van der Waals surface area contributed by atoms with Gasteiger partial charge in [0.1, 0.15) is 6.61 Å². The molecule has 0 atom stereocenters. The maximum Gasteiger partial charge on any atom is 0.197 e. The van der Waals surface area contributed by atoms with Gasteiger partial charge >= 0.3 is 0 Å². The summed E-state index contributed by atoms with van der Waals surface area (Å²) in [6.07, 6.45) is 0. The van der Waals surface area contributed by atoms with Gasteiger partial charge in [0.25, 0.3) is 0 Å². The van der Waals surface area contributed by atoms with Gasteiger partial charge in [-0.2, -0.15) is 0 Å². The predicted molar refractivity (Wildman–Crippen MR) is 74.3 cm³/mol. The fourth-order valence-electron chi connectivity index (χ4n) is 1.85. The second-order valence-corrected chi connectivity index (χ2v) is 4.27. The Kier molecular flexibility index (Phi) is 4.96. The molecule has 2 aromatic rings. The molecule has 0 aliphatic heterocycles. The molecule has 0 heterocycles. The van der Waals surface area contributed by atoms with Crippen molar-refractivity contribution >= 4 is 0 Å². The van der Waals surface area contributed by atoms with Crippen LogP contribution in [-0.4, -0.2) is 11.7 Å². The van der Waals surface area contributed by atoms with E-state index in [1.807, 2.05) is 37.3 Å². The van der Waals surface area contributed by atoms with Gasteiger partial charge in [0.15, 0.2) is 17.3 Å². The van der Waals surface area contributed by atoms with Gasteiger partial charge in [-0.3, -0.25) is 0 Å². The third-order valence-electron chi connectivity index (χ3n) is 2.78. The Balaban J connectivity index is 2.21. The van der Waals surface area contributed by atoms with Crippen LogP contribution < -0.4 is 9.47 Å². The lowest BCUT2D eigenvalue weighted by atomic mass is 10.2. The summed E-state index contributed by atoms with van der Waals surface area (Å²) in [7, 11) is 0. The summed E-state index contributed by atoms with van der Waals surface area (Å²) in [6, 6.07) is 12.4. The lowest BCUT2D eigenvalue weighted by Gasteiger charge is -2.14. The second kappa shape index (κ2) is 6.91. The molecule has 3 nitrogen and oxygen atoms in total. The number of hydrogen-bond donors (Lipinski definition) is 1. The normalized spacial score (nSPS) is 10.3. The molecule has 0 spiro atoms. The van der Waals surface area contributed by atoms with E-state index in [9.17, 15) is 4.39 Å². The first-order valence-corrected chi connectivity index (χ1v) is 6.47. The minimum absolute atomic E-state index is 0.0768. The lowest BCUT2D eigenvalue weighted by Crippen LogP contribution is -2.03. The maximum absolute atomic E-state index is 14.0. The molecule has 0 fully saturated rings. The first-order chi connectivity index (χ1) is 9.74. The first kappa shape index (κ1) is 14.3. The molecular formula is C16H17FO3. The average Bonchev–Trinajstić information content (AvgIpc) is 2.47. The van der Waals surface area contributed by atoms with Gasteiger partial charge in [0.2, 0.25) is 0 Å². The van der Waals surface area contributed by atoms with E-state index in [0.717, 1.165) is 5.56 Å². The largest absolute Gasteiger partial charge is 0.490 e. The second-order valence-electron chi connectivity index (χ2n) is 4.27. The quantitative estimate of drug-likeness (QED) is 0.879. The van der Waals surface area contributed by atoms with Crippen molar-refractivity contribution in [1.29, 1.82) is 0 Å². The average molecular weight is 276 g/mol. The number of benzene rings is 2. The van der Waals surface area contributed by atoms with Crippen LogP contribution in [0.2, 0.25) is 0 Å². The minimum atomic E-state index is -0.532. The topological polar surface area (TPSA) is 38.7 Å². The summed E-state index contributed by atoms with van der Waals surface area (Å²) in [6.45, 7) is 2.23. The summed E-state index contributed by atoms with van der Waals surface area (Å²) >= 11 is 0. The van der Waals surface area contributed by atoms with Gasteiger partial charge in [-0.1, -0.05) is 30.3 Å². The van der Waals surface area contributed by atoms with Crippen LogP contribution in [0.1, 0.15) is 18.1 Å². The molecule has 2 rings (SSSR count). The van der Waals surface area contributed by atoms with E-state index < -0.39 is 5.82 Å². The number of aliphatic hydroxyl groups excluding tert-OH is 1. The zero-order valence-electron chi connectivity index (χ0n) is 11.3. The SMILES string of the molecule is CCOc1cc(CO)cc(F)c1OCc1ccccc1. The van der Waals surface area contributed by atoms with Crippen molar-refractivity contribution in [3.05, 3.63) is 59.4 Å². The Bertz CT molecular complexity index is 555. The molecule has 0 saturated heterocycles. The van der Waals surface area contributed by atoms with Gasteiger partial charge in [-0.15, -0.1) is 0 Å². The molecule has 1 N–H and O–H groups in total. The zero-order chi connectivity index (χ0) is 14.4. The van der Waals surface area contributed by atoms with Gasteiger partial charge in [-0.25, -0.2) is 4.39 Å². The van der Waals surface area contributed by atoms with Crippen molar-refractivity contribution in [1.82, 2.24) is 0 Å². The van der Waals surface area contributed by atoms with Crippen molar-refractivity contribution in [2.24, 2.45) is 0 Å². The zero-order valence-corrected chi connectivity index (χ0v) is 11.3. The predicted octanol–water partition coefficient (Wildman–Crippen LogP) is 3.30. The van der Waals surface area contributed by atoms with Crippen molar-refractivity contribution in [3.63, 3.8) is 0 Å². The van der Waals surface area contributed by atoms with E-state index in [1.54, 1.807) is 6.07 Å². The van der Waals surface area contributed by atoms with E-state index in [2.05, 4.69) is 0 Å². The van der Waals surface area contributed by atoms with Crippen LogP contribution in [0.3, 0.4) is 0 Å². The number of hydrogen-bond acceptors (Lipinski definition) is 3. The van der Waals surface area contributed by atoms with Crippen LogP contribution in [0.4, 0.5) is 4.39 Å². The molecule has 0 saturated carbocycles. The van der Waals surface area contributed by atoms with Crippen LogP contribution in [0.15, 0.2) is 42.5 Å². The summed E-state index contributed by atoms with van der Waals surface area (Å²) in [4.78, 5) is 0. The summed E-state index contributed by atoms with van der Waals surface area (Å²) in [5, 5.41) is 9.09. The molecule has 4 heteroatoms. The van der Waals surface area contributed by atoms with Gasteiger partial charge in [0, 0.05) is 0 Å². The summed E-state index contributed by atoms with van der Waals surface area (Å²) in [5.41, 5.74) is 1.40. The Morgan fingerprint density at radius 1 is 1.05 bits per heavy atom. The third kappa shape index (κ3) is 3.48. The molecule has 0 amide bonds. The Morgan fingerprint density at radius 3 is 2.45 bits per heavy atom. The Morgan fingerprint density at radius 2 is 1.80 bits per heavy atom. The Hall–Kier alpha value is -2.07. The summed E-state index contributed by atoms with van der Waals surface area (Å²) in [5.74, 6) is -0.142. The number of ether oxygens (including phenoxy) is 2. The highest BCUT2D eigenvalue weighted by molar-refractivity contribution is 5.44. The molecule has 20 heavy (non-hydrogen) atoms. The fraction of sp³-hybridized carbons (Fsp3) is 0.250. The molecule has 0 aromatic heterocycles. The molecule has 0 aliphatic rings. The van der Waals surface area contributed by atoms with Crippen LogP contribution in [0.5, 0.6) is 11.5 Å². The summed E-state index contributed by atoms with van der Waals surface area (Å²) < 4.78 is 24.9. The Labute approximate surface area is 117 Å². The molecule has 106 valence electrons. The van der Waals surface area contributed by atoms with Crippen molar-refractivity contribution in [2.45, 2.75) is 20.1 Å². The highest BCUT2D eigenvalue weighted by atomic mass is 19.1. The van der Waals surface area contributed by atoms with Crippen LogP contribution in [0.25, 0.3) is 0 Å². The van der Waals surface area contributed by atoms with Crippen molar-refractivity contribution in [3.8, 4) is 11.5 Å². The molecule has 0 aliphatic carbocycles. The molecule has 0 unspecified atom stereocenters. The third-order valence-corrected chi connectivity index (χ3v) is 2.78. The first-order valence-electron chi connectivity index (χ1n) is 6.47. The smallest absolute Gasteiger partial charge is 0.197 e. The van der Waals surface area contributed by atoms with E-state index >= 15 is 0 Å². The highest BCUT2D eigenvalue weighted by Gasteiger charge is 2.14.